The van der Waals surface area contributed by atoms with Crippen molar-refractivity contribution in [1.82, 2.24) is 30.2 Å². The van der Waals surface area contributed by atoms with Crippen molar-refractivity contribution in [1.29, 1.82) is 0 Å². The first-order valence-corrected chi connectivity index (χ1v) is 13.4. The van der Waals surface area contributed by atoms with E-state index in [4.69, 9.17) is 16.3 Å². The Morgan fingerprint density at radius 3 is 2.72 bits per heavy atom. The predicted octanol–water partition coefficient (Wildman–Crippen LogP) is 4.19. The van der Waals surface area contributed by atoms with Crippen LogP contribution >= 0.6 is 11.6 Å². The van der Waals surface area contributed by atoms with Crippen molar-refractivity contribution in [3.05, 3.63) is 64.5 Å². The van der Waals surface area contributed by atoms with E-state index in [2.05, 4.69) is 30.2 Å². The second kappa shape index (κ2) is 10.6. The van der Waals surface area contributed by atoms with Crippen LogP contribution in [0.1, 0.15) is 48.1 Å². The summed E-state index contributed by atoms with van der Waals surface area (Å²) in [5.74, 6) is -0.185. The third-order valence-corrected chi connectivity index (χ3v) is 7.51. The molecule has 3 aromatic heterocycles. The van der Waals surface area contributed by atoms with Gasteiger partial charge in [-0.3, -0.25) is 19.5 Å². The van der Waals surface area contributed by atoms with E-state index in [-0.39, 0.29) is 30.8 Å². The average Bonchev–Trinajstić information content (AvgIpc) is 3.22. The number of ether oxygens (including phenoxy) is 1. The number of H-pyrrole nitrogens is 1. The Labute approximate surface area is 232 Å². The lowest BCUT2D eigenvalue weighted by molar-refractivity contribution is -0.145. The van der Waals surface area contributed by atoms with Crippen LogP contribution in [0.4, 0.5) is 0 Å². The molecule has 204 valence electrons. The first-order valence-electron chi connectivity index (χ1n) is 13.1. The molecule has 9 nitrogen and oxygen atoms in total. The summed E-state index contributed by atoms with van der Waals surface area (Å²) in [4.78, 5) is 44.9. The molecule has 1 aromatic carbocycles. The van der Waals surface area contributed by atoms with Crippen LogP contribution in [0.5, 0.6) is 0 Å². The van der Waals surface area contributed by atoms with Gasteiger partial charge >= 0.3 is 0 Å². The molecule has 0 saturated carbocycles. The third-order valence-electron chi connectivity index (χ3n) is 7.29. The molecule has 2 atom stereocenters. The molecule has 0 bridgehead atoms. The SMILES string of the molecule is Cc1ncnc(C)c1C(=O)N[C@@H](C)CN1CC(C)(C)OCC1C(=O)Cc1cc(Cl)cc2c1[nH]c1cnccc12. The van der Waals surface area contributed by atoms with Crippen molar-refractivity contribution in [3.8, 4) is 0 Å². The van der Waals surface area contributed by atoms with Crippen LogP contribution in [0, 0.1) is 13.8 Å². The number of nitrogens with zero attached hydrogens (tertiary/aromatic N) is 4. The van der Waals surface area contributed by atoms with Crippen molar-refractivity contribution >= 4 is 45.1 Å². The number of aromatic amines is 1. The normalized spacial score (nSPS) is 18.4. The number of pyridine rings is 1. The van der Waals surface area contributed by atoms with Gasteiger partial charge in [0.05, 0.1) is 52.4 Å². The number of ketones is 1. The largest absolute Gasteiger partial charge is 0.372 e. The highest BCUT2D eigenvalue weighted by molar-refractivity contribution is 6.32. The minimum atomic E-state index is -0.457. The summed E-state index contributed by atoms with van der Waals surface area (Å²) in [5.41, 5.74) is 3.94. The molecule has 1 fully saturated rings. The van der Waals surface area contributed by atoms with E-state index in [0.717, 1.165) is 27.4 Å². The number of fused-ring (bicyclic) bond motifs is 3. The van der Waals surface area contributed by atoms with Crippen molar-refractivity contribution in [2.24, 2.45) is 0 Å². The summed E-state index contributed by atoms with van der Waals surface area (Å²) in [6.07, 6.45) is 5.17. The Bertz CT molecular complexity index is 1550. The molecule has 1 aliphatic rings. The fourth-order valence-electron chi connectivity index (χ4n) is 5.49. The Morgan fingerprint density at radius 2 is 1.97 bits per heavy atom. The first kappa shape index (κ1) is 27.2. The minimum absolute atomic E-state index is 0.0347. The van der Waals surface area contributed by atoms with Crippen molar-refractivity contribution in [2.45, 2.75) is 58.7 Å². The zero-order valence-corrected chi connectivity index (χ0v) is 23.6. The maximum atomic E-state index is 13.8. The summed E-state index contributed by atoms with van der Waals surface area (Å²) >= 11 is 6.48. The number of hydrogen-bond acceptors (Lipinski definition) is 7. The summed E-state index contributed by atoms with van der Waals surface area (Å²) in [6, 6.07) is 5.02. The van der Waals surface area contributed by atoms with Gasteiger partial charge in [-0.25, -0.2) is 9.97 Å². The van der Waals surface area contributed by atoms with Crippen LogP contribution in [0.25, 0.3) is 21.8 Å². The van der Waals surface area contributed by atoms with Crippen LogP contribution in [0.3, 0.4) is 0 Å². The van der Waals surface area contributed by atoms with Gasteiger partial charge in [-0.2, -0.15) is 0 Å². The highest BCUT2D eigenvalue weighted by atomic mass is 35.5. The van der Waals surface area contributed by atoms with E-state index < -0.39 is 11.6 Å². The Hall–Kier alpha value is -3.40. The van der Waals surface area contributed by atoms with E-state index >= 15 is 0 Å². The van der Waals surface area contributed by atoms with Gasteiger partial charge in [0, 0.05) is 47.5 Å². The number of halogens is 1. The molecule has 4 heterocycles. The molecular formula is C29H33ClN6O3. The summed E-state index contributed by atoms with van der Waals surface area (Å²) in [5, 5.41) is 5.62. The maximum absolute atomic E-state index is 13.8. The second-order valence-corrected chi connectivity index (χ2v) is 11.4. The van der Waals surface area contributed by atoms with E-state index in [1.807, 2.05) is 39.0 Å². The molecule has 1 amide bonds. The molecule has 1 aliphatic heterocycles. The Kier molecular flexibility index (Phi) is 7.41. The summed E-state index contributed by atoms with van der Waals surface area (Å²) in [7, 11) is 0. The molecule has 0 aliphatic carbocycles. The minimum Gasteiger partial charge on any atom is -0.372 e. The highest BCUT2D eigenvalue weighted by Crippen LogP contribution is 2.31. The van der Waals surface area contributed by atoms with Gasteiger partial charge in [0.2, 0.25) is 0 Å². The van der Waals surface area contributed by atoms with E-state index in [9.17, 15) is 9.59 Å². The lowest BCUT2D eigenvalue weighted by atomic mass is 9.96. The predicted molar refractivity (Wildman–Crippen MR) is 151 cm³/mol. The lowest BCUT2D eigenvalue weighted by Crippen LogP contribution is -2.59. The van der Waals surface area contributed by atoms with E-state index in [1.54, 1.807) is 26.2 Å². The molecule has 4 aromatic rings. The number of hydrogen-bond donors (Lipinski definition) is 2. The summed E-state index contributed by atoms with van der Waals surface area (Å²) < 4.78 is 6.08. The maximum Gasteiger partial charge on any atom is 0.255 e. The molecule has 0 radical (unpaired) electrons. The number of aromatic nitrogens is 4. The zero-order chi connectivity index (χ0) is 27.9. The monoisotopic (exact) mass is 548 g/mol. The topological polar surface area (TPSA) is 113 Å². The van der Waals surface area contributed by atoms with Crippen LogP contribution in [-0.2, 0) is 16.0 Å². The number of Topliss-reactive ketones (excluding diaryl/α,β-unsaturated/α-hetero) is 1. The van der Waals surface area contributed by atoms with Crippen LogP contribution < -0.4 is 5.32 Å². The third kappa shape index (κ3) is 5.66. The van der Waals surface area contributed by atoms with Crippen molar-refractivity contribution in [3.63, 3.8) is 0 Å². The van der Waals surface area contributed by atoms with Crippen molar-refractivity contribution in [2.75, 3.05) is 19.7 Å². The van der Waals surface area contributed by atoms with Crippen LogP contribution in [-0.4, -0.2) is 73.9 Å². The first-order chi connectivity index (χ1) is 18.5. The summed E-state index contributed by atoms with van der Waals surface area (Å²) in [6.45, 7) is 10.9. The number of nitrogens with one attached hydrogen (secondary N) is 2. The molecule has 2 N–H and O–H groups in total. The van der Waals surface area contributed by atoms with Crippen LogP contribution in [0.15, 0.2) is 36.9 Å². The van der Waals surface area contributed by atoms with Gasteiger partial charge in [0.1, 0.15) is 6.33 Å². The van der Waals surface area contributed by atoms with E-state index in [0.29, 0.717) is 35.1 Å². The van der Waals surface area contributed by atoms with Gasteiger partial charge in [0.25, 0.3) is 5.91 Å². The molecule has 39 heavy (non-hydrogen) atoms. The number of amides is 1. The Balaban J connectivity index is 1.36. The number of rotatable bonds is 7. The van der Waals surface area contributed by atoms with Gasteiger partial charge < -0.3 is 15.0 Å². The molecule has 1 unspecified atom stereocenters. The molecule has 1 saturated heterocycles. The van der Waals surface area contributed by atoms with Crippen molar-refractivity contribution < 1.29 is 14.3 Å². The second-order valence-electron chi connectivity index (χ2n) is 11.0. The molecular weight excluding hydrogens is 516 g/mol. The highest BCUT2D eigenvalue weighted by Gasteiger charge is 2.38. The number of carbonyl (C=O) groups excluding carboxylic acids is 2. The number of carbonyl (C=O) groups is 2. The fraction of sp³-hybridized carbons (Fsp3) is 0.414. The average molecular weight is 549 g/mol. The zero-order valence-electron chi connectivity index (χ0n) is 22.8. The Morgan fingerprint density at radius 1 is 1.23 bits per heavy atom. The number of benzene rings is 1. The lowest BCUT2D eigenvalue weighted by Gasteiger charge is -2.44. The standard InChI is InChI=1S/C29H33ClN6O3/c1-16(34-28(38)26-17(2)32-15-33-18(26)3)12-36-14-29(4,5)39-13-24(36)25(37)9-19-8-20(30)10-22-21-6-7-31-11-23(21)35-27(19)22/h6-8,10-11,15-16,24,35H,9,12-14H2,1-5H3,(H,34,38)/t16-,24?/m0/s1. The smallest absolute Gasteiger partial charge is 0.255 e. The van der Waals surface area contributed by atoms with Gasteiger partial charge in [-0.15, -0.1) is 0 Å². The number of aryl methyl sites for hydroxylation is 2. The molecule has 5 rings (SSSR count). The van der Waals surface area contributed by atoms with Gasteiger partial charge in [-0.1, -0.05) is 11.6 Å². The van der Waals surface area contributed by atoms with Crippen LogP contribution in [0.2, 0.25) is 5.02 Å². The molecule has 10 heteroatoms. The fourth-order valence-corrected chi connectivity index (χ4v) is 5.73. The van der Waals surface area contributed by atoms with Gasteiger partial charge in [0.15, 0.2) is 5.78 Å². The van der Waals surface area contributed by atoms with E-state index in [1.165, 1.54) is 6.33 Å². The molecule has 0 spiro atoms. The van der Waals surface area contributed by atoms with Gasteiger partial charge in [-0.05, 0) is 58.4 Å². The number of morpholine rings is 1. The quantitative estimate of drug-likeness (QED) is 0.356.